The number of fused-ring (bicyclic) bond motifs is 1. The number of nitrogens with zero attached hydrogens (tertiary/aromatic N) is 7. The number of piperazine rings is 1. The highest BCUT2D eigenvalue weighted by Crippen LogP contribution is 2.26. The second-order valence-electron chi connectivity index (χ2n) is 8.84. The van der Waals surface area contributed by atoms with Crippen LogP contribution in [0.15, 0.2) is 12.3 Å². The minimum Gasteiger partial charge on any atom is -0.338 e. The molecule has 1 saturated carbocycles. The molecule has 0 unspecified atom stereocenters. The normalized spacial score (nSPS) is 20.6. The fraction of sp³-hybridized carbons (Fsp3) is 0.636. The number of anilines is 1. The van der Waals surface area contributed by atoms with Crippen LogP contribution in [0.1, 0.15) is 46.7 Å². The molecule has 8 heteroatoms. The largest absolute Gasteiger partial charge is 0.338 e. The lowest BCUT2D eigenvalue weighted by atomic mass is 9.91. The summed E-state index contributed by atoms with van der Waals surface area (Å²) in [5.41, 5.74) is 3.77. The second-order valence-corrected chi connectivity index (χ2v) is 8.84. The molecule has 1 saturated heterocycles. The molecule has 0 atom stereocenters. The van der Waals surface area contributed by atoms with E-state index in [0.717, 1.165) is 62.4 Å². The highest BCUT2D eigenvalue weighted by atomic mass is 16.2. The minimum absolute atomic E-state index is 0.00630. The van der Waals surface area contributed by atoms with E-state index in [1.807, 2.05) is 31.1 Å². The summed E-state index contributed by atoms with van der Waals surface area (Å²) in [4.78, 5) is 29.4. The molecule has 2 aliphatic heterocycles. The Hall–Kier alpha value is -2.48. The van der Waals surface area contributed by atoms with E-state index < -0.39 is 0 Å². The first-order valence-electron chi connectivity index (χ1n) is 11.2. The number of carbonyl (C=O) groups excluding carboxylic acids is 1. The van der Waals surface area contributed by atoms with Crippen LogP contribution in [-0.2, 0) is 19.9 Å². The predicted octanol–water partition coefficient (Wildman–Crippen LogP) is 1.43. The van der Waals surface area contributed by atoms with Crippen molar-refractivity contribution in [3.63, 3.8) is 0 Å². The summed E-state index contributed by atoms with van der Waals surface area (Å²) < 4.78 is 1.75. The Kier molecular flexibility index (Phi) is 5.18. The van der Waals surface area contributed by atoms with Gasteiger partial charge < -0.3 is 9.80 Å². The average Bonchev–Trinajstić information content (AvgIpc) is 2.93. The van der Waals surface area contributed by atoms with E-state index in [9.17, 15) is 4.79 Å². The van der Waals surface area contributed by atoms with Crippen LogP contribution in [0.2, 0.25) is 0 Å². The zero-order valence-electron chi connectivity index (χ0n) is 18.0. The number of aryl methyl sites for hydroxylation is 2. The molecule has 1 aliphatic carbocycles. The number of amides is 1. The molecule has 5 rings (SSSR count). The van der Waals surface area contributed by atoms with Gasteiger partial charge in [-0.05, 0) is 37.8 Å². The molecule has 1 amide bonds. The van der Waals surface area contributed by atoms with Crippen molar-refractivity contribution < 1.29 is 4.79 Å². The third-order valence-corrected chi connectivity index (χ3v) is 7.02. The van der Waals surface area contributed by atoms with Gasteiger partial charge in [0.05, 0.1) is 5.69 Å². The van der Waals surface area contributed by atoms with Crippen LogP contribution in [0, 0.1) is 6.92 Å². The van der Waals surface area contributed by atoms with E-state index in [1.165, 1.54) is 24.8 Å². The Morgan fingerprint density at radius 2 is 1.83 bits per heavy atom. The van der Waals surface area contributed by atoms with Crippen molar-refractivity contribution in [3.8, 4) is 0 Å². The second kappa shape index (κ2) is 7.98. The van der Waals surface area contributed by atoms with Gasteiger partial charge in [0.2, 0.25) is 5.95 Å². The standard InChI is InChI=1S/C22H31N7O/c1-16-14-20(25-26(16)2)21(30)28-8-6-17-15-23-22(24-19(17)7-9-28)29-12-10-27(11-13-29)18-4-3-5-18/h14-15,18H,3-13H2,1-2H3. The highest BCUT2D eigenvalue weighted by molar-refractivity contribution is 5.92. The summed E-state index contributed by atoms with van der Waals surface area (Å²) in [6, 6.07) is 2.67. The fourth-order valence-electron chi connectivity index (χ4n) is 4.69. The monoisotopic (exact) mass is 409 g/mol. The summed E-state index contributed by atoms with van der Waals surface area (Å²) in [5.74, 6) is 0.856. The maximum Gasteiger partial charge on any atom is 0.274 e. The van der Waals surface area contributed by atoms with Gasteiger partial charge in [-0.1, -0.05) is 6.42 Å². The molecule has 2 fully saturated rings. The quantitative estimate of drug-likeness (QED) is 0.764. The number of carbonyl (C=O) groups is 1. The zero-order valence-corrected chi connectivity index (χ0v) is 18.0. The van der Waals surface area contributed by atoms with Crippen molar-refractivity contribution in [2.24, 2.45) is 7.05 Å². The lowest BCUT2D eigenvalue weighted by Crippen LogP contribution is -2.52. The molecule has 2 aromatic heterocycles. The van der Waals surface area contributed by atoms with Crippen molar-refractivity contribution in [3.05, 3.63) is 34.9 Å². The molecule has 30 heavy (non-hydrogen) atoms. The molecule has 160 valence electrons. The van der Waals surface area contributed by atoms with Gasteiger partial charge in [-0.2, -0.15) is 5.10 Å². The maximum absolute atomic E-state index is 12.9. The van der Waals surface area contributed by atoms with E-state index in [-0.39, 0.29) is 5.91 Å². The van der Waals surface area contributed by atoms with Gasteiger partial charge in [-0.3, -0.25) is 14.4 Å². The SMILES string of the molecule is Cc1cc(C(=O)N2CCc3cnc(N4CCN(C5CCC5)CC4)nc3CC2)nn1C. The van der Waals surface area contributed by atoms with Gasteiger partial charge in [-0.15, -0.1) is 0 Å². The van der Waals surface area contributed by atoms with Gasteiger partial charge in [-0.25, -0.2) is 9.97 Å². The zero-order chi connectivity index (χ0) is 20.7. The Morgan fingerprint density at radius 3 is 2.50 bits per heavy atom. The highest BCUT2D eigenvalue weighted by Gasteiger charge is 2.29. The topological polar surface area (TPSA) is 70.4 Å². The summed E-state index contributed by atoms with van der Waals surface area (Å²) in [6.07, 6.45) is 7.66. The van der Waals surface area contributed by atoms with Crippen molar-refractivity contribution in [2.75, 3.05) is 44.2 Å². The molecule has 0 radical (unpaired) electrons. The molecule has 0 aromatic carbocycles. The molecule has 2 aromatic rings. The third kappa shape index (κ3) is 3.69. The Morgan fingerprint density at radius 1 is 1.07 bits per heavy atom. The van der Waals surface area contributed by atoms with Gasteiger partial charge in [0.15, 0.2) is 5.69 Å². The number of aromatic nitrogens is 4. The van der Waals surface area contributed by atoms with E-state index in [2.05, 4.69) is 19.9 Å². The van der Waals surface area contributed by atoms with Crippen LogP contribution in [0.5, 0.6) is 0 Å². The first-order chi connectivity index (χ1) is 14.6. The van der Waals surface area contributed by atoms with Gasteiger partial charge in [0, 0.05) is 70.7 Å². The van der Waals surface area contributed by atoms with Crippen molar-refractivity contribution in [1.82, 2.24) is 29.5 Å². The Bertz CT molecular complexity index is 908. The molecule has 3 aliphatic rings. The Labute approximate surface area is 177 Å². The molecule has 0 spiro atoms. The van der Waals surface area contributed by atoms with E-state index in [0.29, 0.717) is 18.8 Å². The average molecular weight is 410 g/mol. The molecule has 0 N–H and O–H groups in total. The summed E-state index contributed by atoms with van der Waals surface area (Å²) >= 11 is 0. The fourth-order valence-corrected chi connectivity index (χ4v) is 4.69. The van der Waals surface area contributed by atoms with Crippen LogP contribution in [0.3, 0.4) is 0 Å². The number of hydrogen-bond donors (Lipinski definition) is 0. The van der Waals surface area contributed by atoms with Crippen LogP contribution in [0.25, 0.3) is 0 Å². The van der Waals surface area contributed by atoms with Crippen molar-refractivity contribution in [2.45, 2.75) is 45.1 Å². The lowest BCUT2D eigenvalue weighted by Gasteiger charge is -2.43. The lowest BCUT2D eigenvalue weighted by molar-refractivity contribution is 0.0756. The van der Waals surface area contributed by atoms with Gasteiger partial charge in [0.1, 0.15) is 0 Å². The van der Waals surface area contributed by atoms with E-state index >= 15 is 0 Å². The summed E-state index contributed by atoms with van der Waals surface area (Å²) in [5, 5.41) is 4.36. The Balaban J connectivity index is 1.24. The maximum atomic E-state index is 12.9. The van der Waals surface area contributed by atoms with Crippen LogP contribution >= 0.6 is 0 Å². The predicted molar refractivity (Wildman–Crippen MR) is 115 cm³/mol. The molecule has 8 nitrogen and oxygen atoms in total. The minimum atomic E-state index is 0.00630. The molecule has 0 bridgehead atoms. The number of hydrogen-bond acceptors (Lipinski definition) is 6. The first kappa shape index (κ1) is 19.5. The smallest absolute Gasteiger partial charge is 0.274 e. The van der Waals surface area contributed by atoms with E-state index in [1.54, 1.807) is 4.68 Å². The number of rotatable bonds is 3. The van der Waals surface area contributed by atoms with E-state index in [4.69, 9.17) is 4.98 Å². The van der Waals surface area contributed by atoms with Gasteiger partial charge >= 0.3 is 0 Å². The van der Waals surface area contributed by atoms with Crippen LogP contribution in [0.4, 0.5) is 5.95 Å². The third-order valence-electron chi connectivity index (χ3n) is 7.02. The molecular formula is C22H31N7O. The van der Waals surface area contributed by atoms with Crippen molar-refractivity contribution >= 4 is 11.9 Å². The van der Waals surface area contributed by atoms with Crippen LogP contribution < -0.4 is 4.90 Å². The first-order valence-corrected chi connectivity index (χ1v) is 11.2. The summed E-state index contributed by atoms with van der Waals surface area (Å²) in [6.45, 7) is 7.54. The molecule has 4 heterocycles. The van der Waals surface area contributed by atoms with Crippen LogP contribution in [-0.4, -0.2) is 80.8 Å². The summed E-state index contributed by atoms with van der Waals surface area (Å²) in [7, 11) is 1.87. The van der Waals surface area contributed by atoms with Crippen molar-refractivity contribution in [1.29, 1.82) is 0 Å². The molecular weight excluding hydrogens is 378 g/mol. The van der Waals surface area contributed by atoms with Gasteiger partial charge in [0.25, 0.3) is 5.91 Å².